The maximum Gasteiger partial charge on any atom is 0.138 e. The molecule has 0 aromatic heterocycles. The molecule has 2 fully saturated rings. The Kier molecular flexibility index (Phi) is 26.2. The fraction of sp³-hybridized carbons (Fsp3) is 0.884. The molecule has 330 valence electrons. The summed E-state index contributed by atoms with van der Waals surface area (Å²) in [5.74, 6) is 0.0581. The Labute approximate surface area is 344 Å². The number of nitrogens with two attached hydrogens (primary N) is 2. The van der Waals surface area contributed by atoms with Crippen LogP contribution >= 0.6 is 0 Å². The number of carbonyl (C=O) groups is 5. The van der Waals surface area contributed by atoms with Gasteiger partial charge in [0.25, 0.3) is 0 Å². The topological polar surface area (TPSA) is 207 Å². The Bertz CT molecular complexity index is 1120. The van der Waals surface area contributed by atoms with Crippen molar-refractivity contribution in [3.63, 3.8) is 0 Å². The fourth-order valence-electron chi connectivity index (χ4n) is 8.84. The Balaban J connectivity index is 2.72. The minimum atomic E-state index is -0.886. The zero-order valence-corrected chi connectivity index (χ0v) is 36.2. The highest BCUT2D eigenvalue weighted by Crippen LogP contribution is 2.30. The molecule has 57 heavy (non-hydrogen) atoms. The van der Waals surface area contributed by atoms with Crippen molar-refractivity contribution in [2.75, 3.05) is 40.0 Å². The summed E-state index contributed by atoms with van der Waals surface area (Å²) in [5.41, 5.74) is 12.0. The average Bonchev–Trinajstić information content (AvgIpc) is 3.21. The van der Waals surface area contributed by atoms with E-state index in [2.05, 4.69) is 49.0 Å². The predicted molar refractivity (Wildman–Crippen MR) is 226 cm³/mol. The summed E-state index contributed by atoms with van der Waals surface area (Å²) in [4.78, 5) is 67.4. The van der Waals surface area contributed by atoms with E-state index in [1.807, 2.05) is 18.9 Å². The number of aldehydes is 5. The summed E-state index contributed by atoms with van der Waals surface area (Å²) in [6, 6.07) is -6.15. The van der Waals surface area contributed by atoms with E-state index in [1.54, 1.807) is 0 Å². The van der Waals surface area contributed by atoms with Gasteiger partial charge in [-0.05, 0) is 70.9 Å². The number of hydrogen-bond acceptors (Lipinski definition) is 14. The number of unbranched alkanes of at least 4 members (excludes halogenated alkanes) is 4. The molecule has 5 unspecified atom stereocenters. The molecule has 2 aliphatic rings. The minimum absolute atomic E-state index is 0.0139. The third-order valence-corrected chi connectivity index (χ3v) is 12.3. The number of hydrogen-bond donors (Lipinski definition) is 6. The zero-order chi connectivity index (χ0) is 42.2. The predicted octanol–water partition coefficient (Wildman–Crippen LogP) is 2.32. The Morgan fingerprint density at radius 2 is 1.42 bits per heavy atom. The smallest absolute Gasteiger partial charge is 0.138 e. The molecule has 0 amide bonds. The van der Waals surface area contributed by atoms with Gasteiger partial charge >= 0.3 is 0 Å². The van der Waals surface area contributed by atoms with Crippen molar-refractivity contribution in [2.45, 2.75) is 185 Å². The van der Waals surface area contributed by atoms with Crippen LogP contribution in [0.3, 0.4) is 0 Å². The van der Waals surface area contributed by atoms with E-state index in [0.29, 0.717) is 19.6 Å². The lowest BCUT2D eigenvalue weighted by Crippen LogP contribution is -2.67. The summed E-state index contributed by atoms with van der Waals surface area (Å²) in [6.07, 6.45) is 16.1. The van der Waals surface area contributed by atoms with Crippen molar-refractivity contribution in [3.8, 4) is 0 Å². The van der Waals surface area contributed by atoms with Crippen LogP contribution in [-0.2, 0) is 33.4 Å². The Hall–Kier alpha value is -2.01. The average molecular weight is 808 g/mol. The summed E-state index contributed by atoms with van der Waals surface area (Å²) in [5, 5.41) is 13.8. The monoisotopic (exact) mass is 808 g/mol. The molecule has 1 saturated heterocycles. The van der Waals surface area contributed by atoms with Gasteiger partial charge in [0.15, 0.2) is 0 Å². The Morgan fingerprint density at radius 3 is 2.00 bits per heavy atom. The molecule has 14 nitrogen and oxygen atoms in total. The number of rotatable bonds is 20. The second-order valence-corrected chi connectivity index (χ2v) is 17.2. The van der Waals surface area contributed by atoms with Gasteiger partial charge in [-0.15, -0.1) is 0 Å². The highest BCUT2D eigenvalue weighted by molar-refractivity contribution is 5.64. The maximum absolute atomic E-state index is 13.3. The summed E-state index contributed by atoms with van der Waals surface area (Å²) in [7, 11) is 1.92. The van der Waals surface area contributed by atoms with Gasteiger partial charge in [0.05, 0.1) is 55.6 Å². The molecule has 1 saturated carbocycles. The van der Waals surface area contributed by atoms with Gasteiger partial charge in [-0.3, -0.25) is 10.2 Å². The summed E-state index contributed by atoms with van der Waals surface area (Å²) < 4.78 is 12.7. The third-order valence-electron chi connectivity index (χ3n) is 12.3. The summed E-state index contributed by atoms with van der Waals surface area (Å²) >= 11 is 0. The van der Waals surface area contributed by atoms with Crippen LogP contribution in [0.15, 0.2) is 0 Å². The van der Waals surface area contributed by atoms with Crippen LogP contribution in [0, 0.1) is 17.8 Å². The normalized spacial score (nSPS) is 33.8. The van der Waals surface area contributed by atoms with Gasteiger partial charge in [0.1, 0.15) is 31.4 Å². The molecular weight excluding hydrogens is 727 g/mol. The number of likely N-dealkylation sites (N-methyl/N-ethyl adjacent to an activating group) is 1. The van der Waals surface area contributed by atoms with E-state index < -0.39 is 48.3 Å². The van der Waals surface area contributed by atoms with Crippen LogP contribution < -0.4 is 32.7 Å². The van der Waals surface area contributed by atoms with Crippen molar-refractivity contribution in [1.29, 1.82) is 0 Å². The molecule has 0 spiro atoms. The molecule has 0 radical (unpaired) electrons. The Morgan fingerprint density at radius 1 is 0.772 bits per heavy atom. The third kappa shape index (κ3) is 17.2. The first kappa shape index (κ1) is 51.1. The molecule has 0 aromatic rings. The van der Waals surface area contributed by atoms with E-state index in [1.165, 1.54) is 0 Å². The van der Waals surface area contributed by atoms with Gasteiger partial charge in [-0.2, -0.15) is 0 Å². The number of nitrogens with zero attached hydrogens (tertiary/aromatic N) is 1. The first-order valence-electron chi connectivity index (χ1n) is 22.2. The first-order valence-corrected chi connectivity index (χ1v) is 22.2. The number of nitrogens with one attached hydrogen (secondary N) is 4. The van der Waals surface area contributed by atoms with Gasteiger partial charge in [-0.1, -0.05) is 72.6 Å². The largest absolute Gasteiger partial charge is 0.380 e. The maximum atomic E-state index is 13.3. The standard InChI is InChI=1S/C43H81N7O7/c1-7-8-9-13-18-42-32(5)41(27-55)50(6)40(21-30(2)3)37(25-53)49-43(33-16-11-10-12-17-33)38(26-54)47-34(22-45)35(23-51)48-39(29-56-20-15-14-19-44)36(24-52)46-31(4)28-57-42/h23-27,30-43,46-49H,7-22,28-29,44-45H2,1-6H3/t31-,32-,34+,35?,36?,37?,38?,39-,40+,41?,42-,43+/m1/s1. The molecule has 0 aromatic carbocycles. The van der Waals surface area contributed by atoms with Crippen LogP contribution in [-0.4, -0.2) is 143 Å². The lowest BCUT2D eigenvalue weighted by atomic mass is 9.80. The molecule has 0 bridgehead atoms. The SMILES string of the molecule is CCCCCC[C@H]1OC[C@@H](C)NC(C=O)[C@@H](COCCCCN)NC(C=O)[C@H](CN)NC(C=O)[C@H](C2CCCCC2)NC(C=O)[C@H](CC(C)C)N(C)C(C=O)[C@H]1C. The molecule has 2 rings (SSSR count). The van der Waals surface area contributed by atoms with E-state index in [4.69, 9.17) is 20.9 Å². The lowest BCUT2D eigenvalue weighted by molar-refractivity contribution is -0.121. The van der Waals surface area contributed by atoms with Gasteiger partial charge in [0, 0.05) is 43.2 Å². The van der Waals surface area contributed by atoms with E-state index in [9.17, 15) is 24.0 Å². The van der Waals surface area contributed by atoms with Crippen LogP contribution in [0.1, 0.15) is 118 Å². The number of carbonyl (C=O) groups excluding carboxylic acids is 5. The first-order chi connectivity index (χ1) is 27.5. The second kappa shape index (κ2) is 29.3. The van der Waals surface area contributed by atoms with Gasteiger partial charge in [0.2, 0.25) is 0 Å². The molecule has 1 aliphatic carbocycles. The summed E-state index contributed by atoms with van der Waals surface area (Å²) in [6.45, 7) is 11.8. The fourth-order valence-corrected chi connectivity index (χ4v) is 8.84. The molecule has 12 atom stereocenters. The van der Waals surface area contributed by atoms with Crippen molar-refractivity contribution < 1.29 is 33.4 Å². The van der Waals surface area contributed by atoms with Crippen LogP contribution in [0.25, 0.3) is 0 Å². The van der Waals surface area contributed by atoms with Crippen LogP contribution in [0.2, 0.25) is 0 Å². The molecule has 1 heterocycles. The van der Waals surface area contributed by atoms with E-state index in [-0.39, 0.29) is 55.7 Å². The lowest BCUT2D eigenvalue weighted by Gasteiger charge is -2.44. The molecule has 8 N–H and O–H groups in total. The van der Waals surface area contributed by atoms with Crippen molar-refractivity contribution in [1.82, 2.24) is 26.2 Å². The second-order valence-electron chi connectivity index (χ2n) is 17.2. The highest BCUT2D eigenvalue weighted by Gasteiger charge is 2.41. The van der Waals surface area contributed by atoms with E-state index >= 15 is 0 Å². The van der Waals surface area contributed by atoms with Gasteiger partial charge < -0.3 is 60.9 Å². The van der Waals surface area contributed by atoms with Crippen molar-refractivity contribution in [3.05, 3.63) is 0 Å². The highest BCUT2D eigenvalue weighted by atomic mass is 16.5. The quantitative estimate of drug-likeness (QED) is 0.0772. The molecule has 1 aliphatic heterocycles. The minimum Gasteiger partial charge on any atom is -0.380 e. The van der Waals surface area contributed by atoms with Crippen LogP contribution in [0.4, 0.5) is 0 Å². The molecule has 14 heteroatoms. The van der Waals surface area contributed by atoms with Crippen molar-refractivity contribution in [2.24, 2.45) is 29.2 Å². The van der Waals surface area contributed by atoms with E-state index in [0.717, 1.165) is 108 Å². The number of ether oxygens (including phenoxy) is 2. The van der Waals surface area contributed by atoms with Crippen molar-refractivity contribution >= 4 is 31.4 Å². The molecular formula is C43H81N7O7. The van der Waals surface area contributed by atoms with Gasteiger partial charge in [-0.25, -0.2) is 0 Å². The zero-order valence-electron chi connectivity index (χ0n) is 36.2. The van der Waals surface area contributed by atoms with Crippen LogP contribution in [0.5, 0.6) is 0 Å².